The fourth-order valence-electron chi connectivity index (χ4n) is 1.75. The molecule has 0 bridgehead atoms. The zero-order chi connectivity index (χ0) is 13.7. The third-order valence-electron chi connectivity index (χ3n) is 2.69. The van der Waals surface area contributed by atoms with Crippen LogP contribution in [-0.4, -0.2) is 23.8 Å². The van der Waals surface area contributed by atoms with Gasteiger partial charge in [0.1, 0.15) is 11.6 Å². The molecule has 3 nitrogen and oxygen atoms in total. The molecule has 19 heavy (non-hydrogen) atoms. The lowest BCUT2D eigenvalue weighted by atomic mass is 9.80. The standard InChI is InChI=1S/C14H14BFO3/c16-13-8-12(15(17)18)9-14(10-13)19-7-6-11-4-2-1-3-5-11/h1-5,8-10,17-18H,6-7H2. The summed E-state index contributed by atoms with van der Waals surface area (Å²) >= 11 is 0. The van der Waals surface area contributed by atoms with Crippen molar-refractivity contribution in [1.82, 2.24) is 0 Å². The molecule has 0 amide bonds. The van der Waals surface area contributed by atoms with Crippen molar-refractivity contribution in [2.24, 2.45) is 0 Å². The predicted molar refractivity (Wildman–Crippen MR) is 71.9 cm³/mol. The molecule has 2 aromatic rings. The van der Waals surface area contributed by atoms with E-state index >= 15 is 0 Å². The van der Waals surface area contributed by atoms with Crippen LogP contribution in [0.3, 0.4) is 0 Å². The largest absolute Gasteiger partial charge is 0.493 e. The van der Waals surface area contributed by atoms with Gasteiger partial charge in [-0.15, -0.1) is 0 Å². The number of hydrogen-bond donors (Lipinski definition) is 2. The first-order chi connectivity index (χ1) is 9.15. The van der Waals surface area contributed by atoms with Crippen LogP contribution >= 0.6 is 0 Å². The Bertz CT molecular complexity index is 531. The van der Waals surface area contributed by atoms with Crippen molar-refractivity contribution in [3.8, 4) is 5.75 Å². The fraction of sp³-hybridized carbons (Fsp3) is 0.143. The van der Waals surface area contributed by atoms with Crippen LogP contribution in [0.5, 0.6) is 5.75 Å². The number of halogens is 1. The van der Waals surface area contributed by atoms with E-state index in [0.29, 0.717) is 18.8 Å². The Balaban J connectivity index is 1.96. The van der Waals surface area contributed by atoms with E-state index in [1.807, 2.05) is 30.3 Å². The van der Waals surface area contributed by atoms with Crippen molar-refractivity contribution in [2.45, 2.75) is 6.42 Å². The monoisotopic (exact) mass is 260 g/mol. The zero-order valence-corrected chi connectivity index (χ0v) is 10.3. The molecule has 0 saturated carbocycles. The summed E-state index contributed by atoms with van der Waals surface area (Å²) in [4.78, 5) is 0. The summed E-state index contributed by atoms with van der Waals surface area (Å²) in [5.74, 6) is -0.264. The Labute approximate surface area is 111 Å². The Morgan fingerprint density at radius 1 is 1.05 bits per heavy atom. The third kappa shape index (κ3) is 4.08. The molecule has 0 spiro atoms. The average molecular weight is 260 g/mol. The molecule has 0 aromatic heterocycles. The minimum atomic E-state index is -1.70. The van der Waals surface area contributed by atoms with Gasteiger partial charge in [0.15, 0.2) is 0 Å². The molecule has 0 unspecified atom stereocenters. The molecular weight excluding hydrogens is 246 g/mol. The maximum Gasteiger partial charge on any atom is 0.488 e. The van der Waals surface area contributed by atoms with Crippen LogP contribution in [0.2, 0.25) is 0 Å². The fourth-order valence-corrected chi connectivity index (χ4v) is 1.75. The summed E-state index contributed by atoms with van der Waals surface area (Å²) in [5.41, 5.74) is 1.20. The summed E-state index contributed by atoms with van der Waals surface area (Å²) in [6.07, 6.45) is 0.703. The van der Waals surface area contributed by atoms with E-state index in [-0.39, 0.29) is 5.46 Å². The van der Waals surface area contributed by atoms with Crippen molar-refractivity contribution in [1.29, 1.82) is 0 Å². The summed E-state index contributed by atoms with van der Waals surface area (Å²) in [5, 5.41) is 18.0. The summed E-state index contributed by atoms with van der Waals surface area (Å²) in [7, 11) is -1.70. The van der Waals surface area contributed by atoms with Gasteiger partial charge in [-0.3, -0.25) is 0 Å². The van der Waals surface area contributed by atoms with Gasteiger partial charge in [0.25, 0.3) is 0 Å². The predicted octanol–water partition coefficient (Wildman–Crippen LogP) is 1.13. The van der Waals surface area contributed by atoms with Crippen molar-refractivity contribution in [3.63, 3.8) is 0 Å². The van der Waals surface area contributed by atoms with Crippen LogP contribution in [0.4, 0.5) is 4.39 Å². The maximum absolute atomic E-state index is 13.2. The number of rotatable bonds is 5. The van der Waals surface area contributed by atoms with Gasteiger partial charge < -0.3 is 14.8 Å². The summed E-state index contributed by atoms with van der Waals surface area (Å²) in [6, 6.07) is 13.5. The minimum absolute atomic E-state index is 0.0784. The molecule has 98 valence electrons. The second-order valence-corrected chi connectivity index (χ2v) is 4.18. The average Bonchev–Trinajstić information content (AvgIpc) is 2.39. The topological polar surface area (TPSA) is 49.7 Å². The molecule has 0 saturated heterocycles. The first-order valence-corrected chi connectivity index (χ1v) is 5.98. The summed E-state index contributed by atoms with van der Waals surface area (Å²) < 4.78 is 18.7. The molecule has 2 N–H and O–H groups in total. The highest BCUT2D eigenvalue weighted by Gasteiger charge is 2.13. The normalized spacial score (nSPS) is 10.3. The second kappa shape index (κ2) is 6.36. The molecule has 5 heteroatoms. The third-order valence-corrected chi connectivity index (χ3v) is 2.69. The summed E-state index contributed by atoms with van der Waals surface area (Å²) in [6.45, 7) is 0.397. The molecule has 0 aliphatic heterocycles. The van der Waals surface area contributed by atoms with E-state index < -0.39 is 12.9 Å². The SMILES string of the molecule is OB(O)c1cc(F)cc(OCCc2ccccc2)c1. The number of benzene rings is 2. The van der Waals surface area contributed by atoms with E-state index in [2.05, 4.69) is 0 Å². The van der Waals surface area contributed by atoms with E-state index in [0.717, 1.165) is 11.6 Å². The highest BCUT2D eigenvalue weighted by atomic mass is 19.1. The molecule has 0 aliphatic carbocycles. The van der Waals surface area contributed by atoms with Gasteiger partial charge in [0, 0.05) is 12.5 Å². The molecule has 0 fully saturated rings. The van der Waals surface area contributed by atoms with E-state index in [4.69, 9.17) is 14.8 Å². The van der Waals surface area contributed by atoms with Gasteiger partial charge in [-0.05, 0) is 23.2 Å². The minimum Gasteiger partial charge on any atom is -0.493 e. The lowest BCUT2D eigenvalue weighted by Crippen LogP contribution is -2.30. The molecule has 2 rings (SSSR count). The lowest BCUT2D eigenvalue weighted by Gasteiger charge is -2.08. The van der Waals surface area contributed by atoms with Gasteiger partial charge in [-0.1, -0.05) is 30.3 Å². The van der Waals surface area contributed by atoms with Crippen LogP contribution in [-0.2, 0) is 6.42 Å². The maximum atomic E-state index is 13.2. The first-order valence-electron chi connectivity index (χ1n) is 5.98. The number of ether oxygens (including phenoxy) is 1. The Morgan fingerprint density at radius 3 is 2.47 bits per heavy atom. The molecule has 2 aromatic carbocycles. The Kier molecular flexibility index (Phi) is 4.55. The molecular formula is C14H14BFO3. The van der Waals surface area contributed by atoms with Crippen LogP contribution < -0.4 is 10.2 Å². The van der Waals surface area contributed by atoms with Gasteiger partial charge in [0.2, 0.25) is 0 Å². The number of hydrogen-bond acceptors (Lipinski definition) is 3. The van der Waals surface area contributed by atoms with Gasteiger partial charge in [0.05, 0.1) is 6.61 Å². The Morgan fingerprint density at radius 2 is 1.79 bits per heavy atom. The molecule has 0 atom stereocenters. The quantitative estimate of drug-likeness (QED) is 0.792. The highest BCUT2D eigenvalue weighted by Crippen LogP contribution is 2.12. The van der Waals surface area contributed by atoms with Gasteiger partial charge in [-0.25, -0.2) is 4.39 Å². The van der Waals surface area contributed by atoms with E-state index in [1.54, 1.807) is 0 Å². The van der Waals surface area contributed by atoms with Crippen LogP contribution in [0, 0.1) is 5.82 Å². The van der Waals surface area contributed by atoms with Crippen molar-refractivity contribution < 1.29 is 19.2 Å². The van der Waals surface area contributed by atoms with Gasteiger partial charge >= 0.3 is 7.12 Å². The van der Waals surface area contributed by atoms with Gasteiger partial charge in [-0.2, -0.15) is 0 Å². The Hall–Kier alpha value is -1.85. The van der Waals surface area contributed by atoms with E-state index in [1.165, 1.54) is 12.1 Å². The zero-order valence-electron chi connectivity index (χ0n) is 10.3. The molecule has 0 radical (unpaired) electrons. The smallest absolute Gasteiger partial charge is 0.488 e. The second-order valence-electron chi connectivity index (χ2n) is 4.18. The van der Waals surface area contributed by atoms with Crippen LogP contribution in [0.1, 0.15) is 5.56 Å². The van der Waals surface area contributed by atoms with Crippen molar-refractivity contribution in [3.05, 3.63) is 59.9 Å². The van der Waals surface area contributed by atoms with E-state index in [9.17, 15) is 4.39 Å². The van der Waals surface area contributed by atoms with Crippen molar-refractivity contribution in [2.75, 3.05) is 6.61 Å². The van der Waals surface area contributed by atoms with Crippen molar-refractivity contribution >= 4 is 12.6 Å². The first kappa shape index (κ1) is 13.6. The van der Waals surface area contributed by atoms with Crippen LogP contribution in [0.25, 0.3) is 0 Å². The lowest BCUT2D eigenvalue weighted by molar-refractivity contribution is 0.320. The molecule has 0 aliphatic rings. The molecule has 0 heterocycles. The highest BCUT2D eigenvalue weighted by molar-refractivity contribution is 6.58. The van der Waals surface area contributed by atoms with Crippen LogP contribution in [0.15, 0.2) is 48.5 Å².